The van der Waals surface area contributed by atoms with Crippen LogP contribution in [0.15, 0.2) is 5.18 Å². The number of rotatable bonds is 4. The molecular formula is C7H15NO. The molecule has 0 aromatic carbocycles. The maximum atomic E-state index is 10.0. The second-order valence-corrected chi connectivity index (χ2v) is 2.80. The highest BCUT2D eigenvalue weighted by atomic mass is 16.3. The fourth-order valence-corrected chi connectivity index (χ4v) is 0.828. The summed E-state index contributed by atoms with van der Waals surface area (Å²) in [6.07, 6.45) is 1.81. The van der Waals surface area contributed by atoms with Crippen molar-refractivity contribution in [2.75, 3.05) is 0 Å². The second kappa shape index (κ2) is 4.48. The normalized spacial score (nSPS) is 13.8. The smallest absolute Gasteiger partial charge is 0.0919 e. The molecule has 0 bridgehead atoms. The summed E-state index contributed by atoms with van der Waals surface area (Å²) in [6.45, 7) is 6.20. The SMILES string of the molecule is CCC(CC(C)C)N=O. The Morgan fingerprint density at radius 2 is 2.00 bits per heavy atom. The lowest BCUT2D eigenvalue weighted by molar-refractivity contribution is 0.485. The quantitative estimate of drug-likeness (QED) is 0.536. The molecule has 54 valence electrons. The van der Waals surface area contributed by atoms with Crippen LogP contribution in [0.4, 0.5) is 0 Å². The van der Waals surface area contributed by atoms with Crippen LogP contribution in [0.5, 0.6) is 0 Å². The fraction of sp³-hybridized carbons (Fsp3) is 1.00. The van der Waals surface area contributed by atoms with E-state index in [2.05, 4.69) is 19.0 Å². The van der Waals surface area contributed by atoms with Gasteiger partial charge in [0.25, 0.3) is 0 Å². The molecule has 0 aliphatic rings. The van der Waals surface area contributed by atoms with Crippen LogP contribution >= 0.6 is 0 Å². The Morgan fingerprint density at radius 1 is 1.44 bits per heavy atom. The second-order valence-electron chi connectivity index (χ2n) is 2.80. The predicted molar refractivity (Wildman–Crippen MR) is 39.3 cm³/mol. The van der Waals surface area contributed by atoms with Crippen LogP contribution in [-0.2, 0) is 0 Å². The minimum atomic E-state index is 0.0463. The predicted octanol–water partition coefficient (Wildman–Crippen LogP) is 2.58. The monoisotopic (exact) mass is 129 g/mol. The van der Waals surface area contributed by atoms with Gasteiger partial charge in [-0.1, -0.05) is 25.9 Å². The van der Waals surface area contributed by atoms with Gasteiger partial charge < -0.3 is 0 Å². The molecule has 0 spiro atoms. The summed E-state index contributed by atoms with van der Waals surface area (Å²) in [5.41, 5.74) is 0. The van der Waals surface area contributed by atoms with Gasteiger partial charge in [0.15, 0.2) is 0 Å². The van der Waals surface area contributed by atoms with Crippen molar-refractivity contribution in [3.05, 3.63) is 4.91 Å². The van der Waals surface area contributed by atoms with Gasteiger partial charge in [0.1, 0.15) is 0 Å². The van der Waals surface area contributed by atoms with Crippen molar-refractivity contribution in [3.8, 4) is 0 Å². The molecule has 0 rings (SSSR count). The average molecular weight is 129 g/mol. The lowest BCUT2D eigenvalue weighted by Crippen LogP contribution is -2.05. The Labute approximate surface area is 56.6 Å². The van der Waals surface area contributed by atoms with Crippen molar-refractivity contribution in [3.63, 3.8) is 0 Å². The average Bonchev–Trinajstić information content (AvgIpc) is 1.82. The molecule has 2 heteroatoms. The molecule has 1 unspecified atom stereocenters. The first kappa shape index (κ1) is 8.60. The molecule has 0 radical (unpaired) electrons. The molecular weight excluding hydrogens is 114 g/mol. The van der Waals surface area contributed by atoms with Crippen molar-refractivity contribution in [2.45, 2.75) is 39.7 Å². The Morgan fingerprint density at radius 3 is 2.11 bits per heavy atom. The summed E-state index contributed by atoms with van der Waals surface area (Å²) in [4.78, 5) is 10.0. The van der Waals surface area contributed by atoms with E-state index in [9.17, 15) is 4.91 Å². The molecule has 1 atom stereocenters. The topological polar surface area (TPSA) is 29.4 Å². The standard InChI is InChI=1S/C7H15NO/c1-4-7(8-9)5-6(2)3/h6-7H,4-5H2,1-3H3. The molecule has 0 N–H and O–H groups in total. The van der Waals surface area contributed by atoms with Crippen LogP contribution < -0.4 is 0 Å². The first-order chi connectivity index (χ1) is 4.20. The lowest BCUT2D eigenvalue weighted by atomic mass is 10.0. The molecule has 0 fully saturated rings. The molecule has 9 heavy (non-hydrogen) atoms. The number of hydrogen-bond donors (Lipinski definition) is 0. The van der Waals surface area contributed by atoms with Crippen LogP contribution in [0.25, 0.3) is 0 Å². The first-order valence-electron chi connectivity index (χ1n) is 3.53. The third-order valence-electron chi connectivity index (χ3n) is 1.36. The van der Waals surface area contributed by atoms with Gasteiger partial charge >= 0.3 is 0 Å². The highest BCUT2D eigenvalue weighted by Crippen LogP contribution is 2.09. The van der Waals surface area contributed by atoms with Crippen LogP contribution in [0.1, 0.15) is 33.6 Å². The van der Waals surface area contributed by atoms with Gasteiger partial charge in [-0.05, 0) is 18.8 Å². The molecule has 0 saturated heterocycles. The summed E-state index contributed by atoms with van der Waals surface area (Å²) in [5.74, 6) is 0.590. The van der Waals surface area contributed by atoms with Gasteiger partial charge in [-0.25, -0.2) is 0 Å². The van der Waals surface area contributed by atoms with E-state index in [1.54, 1.807) is 0 Å². The van der Waals surface area contributed by atoms with E-state index < -0.39 is 0 Å². The van der Waals surface area contributed by atoms with Crippen LogP contribution in [0.3, 0.4) is 0 Å². The Kier molecular flexibility index (Phi) is 4.28. The Bertz CT molecular complexity index is 81.0. The van der Waals surface area contributed by atoms with E-state index >= 15 is 0 Å². The summed E-state index contributed by atoms with van der Waals surface area (Å²) in [6, 6.07) is 0.0463. The summed E-state index contributed by atoms with van der Waals surface area (Å²) < 4.78 is 0. The van der Waals surface area contributed by atoms with Crippen LogP contribution in [-0.4, -0.2) is 6.04 Å². The van der Waals surface area contributed by atoms with Gasteiger partial charge in [-0.3, -0.25) is 0 Å². The maximum absolute atomic E-state index is 10.0. The van der Waals surface area contributed by atoms with Gasteiger partial charge in [0.2, 0.25) is 0 Å². The zero-order chi connectivity index (χ0) is 7.28. The Hall–Kier alpha value is -0.400. The van der Waals surface area contributed by atoms with E-state index in [0.29, 0.717) is 5.92 Å². The van der Waals surface area contributed by atoms with E-state index in [-0.39, 0.29) is 6.04 Å². The van der Waals surface area contributed by atoms with Crippen molar-refractivity contribution in [1.29, 1.82) is 0 Å². The third kappa shape index (κ3) is 4.13. The maximum Gasteiger partial charge on any atom is 0.0919 e. The van der Waals surface area contributed by atoms with Crippen molar-refractivity contribution < 1.29 is 0 Å². The zero-order valence-corrected chi connectivity index (χ0v) is 6.42. The van der Waals surface area contributed by atoms with Crippen LogP contribution in [0, 0.1) is 10.8 Å². The summed E-state index contributed by atoms with van der Waals surface area (Å²) in [5, 5.41) is 3.00. The van der Waals surface area contributed by atoms with E-state index in [1.165, 1.54) is 0 Å². The highest BCUT2D eigenvalue weighted by molar-refractivity contribution is 4.64. The van der Waals surface area contributed by atoms with E-state index in [1.807, 2.05) is 6.92 Å². The van der Waals surface area contributed by atoms with Crippen molar-refractivity contribution >= 4 is 0 Å². The number of hydrogen-bond acceptors (Lipinski definition) is 2. The van der Waals surface area contributed by atoms with Crippen molar-refractivity contribution in [1.82, 2.24) is 0 Å². The Balaban J connectivity index is 3.42. The van der Waals surface area contributed by atoms with Gasteiger partial charge in [-0.2, -0.15) is 4.91 Å². The largest absolute Gasteiger partial charge is 0.151 e. The molecule has 0 aliphatic carbocycles. The molecule has 0 amide bonds. The van der Waals surface area contributed by atoms with E-state index in [4.69, 9.17) is 0 Å². The molecule has 0 heterocycles. The summed E-state index contributed by atoms with van der Waals surface area (Å²) >= 11 is 0. The van der Waals surface area contributed by atoms with E-state index in [0.717, 1.165) is 12.8 Å². The minimum absolute atomic E-state index is 0.0463. The minimum Gasteiger partial charge on any atom is -0.151 e. The molecule has 0 aromatic heterocycles. The lowest BCUT2D eigenvalue weighted by Gasteiger charge is -2.07. The molecule has 0 aromatic rings. The van der Waals surface area contributed by atoms with Gasteiger partial charge in [-0.15, -0.1) is 0 Å². The molecule has 0 aliphatic heterocycles. The molecule has 0 saturated carbocycles. The summed E-state index contributed by atoms with van der Waals surface area (Å²) in [7, 11) is 0. The van der Waals surface area contributed by atoms with Gasteiger partial charge in [0, 0.05) is 0 Å². The molecule has 2 nitrogen and oxygen atoms in total. The third-order valence-corrected chi connectivity index (χ3v) is 1.36. The highest BCUT2D eigenvalue weighted by Gasteiger charge is 2.06. The van der Waals surface area contributed by atoms with Gasteiger partial charge in [0.05, 0.1) is 6.04 Å². The number of nitrogens with zero attached hydrogens (tertiary/aromatic N) is 1. The first-order valence-corrected chi connectivity index (χ1v) is 3.53. The zero-order valence-electron chi connectivity index (χ0n) is 6.42. The van der Waals surface area contributed by atoms with Crippen LogP contribution in [0.2, 0.25) is 0 Å². The fourth-order valence-electron chi connectivity index (χ4n) is 0.828. The number of nitroso groups, excluding NO2 is 1. The van der Waals surface area contributed by atoms with Crippen molar-refractivity contribution in [2.24, 2.45) is 11.1 Å².